The molecule has 21 heavy (non-hydrogen) atoms. The molecule has 1 heterocycles. The van der Waals surface area contributed by atoms with Gasteiger partial charge in [0.05, 0.1) is 4.90 Å². The van der Waals surface area contributed by atoms with Crippen molar-refractivity contribution in [1.29, 1.82) is 0 Å². The molecule has 0 fully saturated rings. The van der Waals surface area contributed by atoms with Gasteiger partial charge in [0.25, 0.3) is 0 Å². The first kappa shape index (κ1) is 15.9. The predicted molar refractivity (Wildman–Crippen MR) is 79.6 cm³/mol. The number of hydrogen-bond acceptors (Lipinski definition) is 4. The first-order valence-corrected chi connectivity index (χ1v) is 8.35. The van der Waals surface area contributed by atoms with Crippen molar-refractivity contribution < 1.29 is 18.3 Å². The molecule has 0 radical (unpaired) electrons. The third kappa shape index (κ3) is 3.42. The van der Waals surface area contributed by atoms with E-state index in [1.165, 1.54) is 13.0 Å². The molecule has 0 bridgehead atoms. The zero-order valence-corrected chi connectivity index (χ0v) is 13.0. The van der Waals surface area contributed by atoms with E-state index < -0.39 is 10.0 Å². The van der Waals surface area contributed by atoms with E-state index in [1.54, 1.807) is 24.0 Å². The van der Waals surface area contributed by atoms with E-state index in [0.717, 1.165) is 11.3 Å². The highest BCUT2D eigenvalue weighted by Crippen LogP contribution is 2.30. The molecule has 2 N–H and O–H groups in total. The number of carbonyl (C=O) groups is 1. The van der Waals surface area contributed by atoms with Gasteiger partial charge in [-0.3, -0.25) is 4.79 Å². The van der Waals surface area contributed by atoms with Gasteiger partial charge < -0.3 is 10.0 Å². The molecule has 6 nitrogen and oxygen atoms in total. The summed E-state index contributed by atoms with van der Waals surface area (Å²) in [7, 11) is -3.59. The van der Waals surface area contributed by atoms with Crippen molar-refractivity contribution in [2.24, 2.45) is 5.92 Å². The van der Waals surface area contributed by atoms with E-state index in [1.807, 2.05) is 0 Å². The van der Waals surface area contributed by atoms with Crippen LogP contribution in [0.3, 0.4) is 0 Å². The number of fused-ring (bicyclic) bond motifs is 1. The van der Waals surface area contributed by atoms with E-state index in [2.05, 4.69) is 4.72 Å². The molecule has 0 saturated carbocycles. The third-order valence-corrected chi connectivity index (χ3v) is 4.99. The number of rotatable bonds is 5. The Morgan fingerprint density at radius 3 is 2.81 bits per heavy atom. The highest BCUT2D eigenvalue weighted by molar-refractivity contribution is 7.89. The lowest BCUT2D eigenvalue weighted by Crippen LogP contribution is -2.29. The number of aliphatic hydroxyl groups excluding tert-OH is 1. The molecule has 116 valence electrons. The fourth-order valence-electron chi connectivity index (χ4n) is 2.27. The van der Waals surface area contributed by atoms with E-state index >= 15 is 0 Å². The largest absolute Gasteiger partial charge is 0.396 e. The van der Waals surface area contributed by atoms with E-state index in [0.29, 0.717) is 13.0 Å². The number of amides is 1. The van der Waals surface area contributed by atoms with Gasteiger partial charge in [-0.15, -0.1) is 0 Å². The van der Waals surface area contributed by atoms with Crippen LogP contribution in [0.15, 0.2) is 23.1 Å². The van der Waals surface area contributed by atoms with Crippen LogP contribution in [0.1, 0.15) is 19.4 Å². The zero-order chi connectivity index (χ0) is 15.6. The molecule has 1 aliphatic rings. The number of hydrogen-bond donors (Lipinski definition) is 2. The second-order valence-electron chi connectivity index (χ2n) is 5.35. The van der Waals surface area contributed by atoms with E-state index in [-0.39, 0.29) is 29.9 Å². The van der Waals surface area contributed by atoms with E-state index in [9.17, 15) is 13.2 Å². The number of nitrogens with zero attached hydrogens (tertiary/aromatic N) is 1. The Bertz CT molecular complexity index is 642. The first-order valence-electron chi connectivity index (χ1n) is 6.86. The maximum Gasteiger partial charge on any atom is 0.240 e. The second kappa shape index (κ2) is 6.13. The van der Waals surface area contributed by atoms with Gasteiger partial charge in [-0.25, -0.2) is 13.1 Å². The lowest BCUT2D eigenvalue weighted by Gasteiger charge is -2.15. The molecule has 2 rings (SSSR count). The van der Waals surface area contributed by atoms with Gasteiger partial charge in [-0.2, -0.15) is 0 Å². The monoisotopic (exact) mass is 312 g/mol. The number of sulfonamides is 1. The molecule has 1 unspecified atom stereocenters. The Kier molecular flexibility index (Phi) is 4.65. The van der Waals surface area contributed by atoms with Crippen LogP contribution in [0.25, 0.3) is 0 Å². The number of benzene rings is 1. The van der Waals surface area contributed by atoms with Crippen molar-refractivity contribution in [2.75, 3.05) is 24.6 Å². The summed E-state index contributed by atoms with van der Waals surface area (Å²) in [6, 6.07) is 4.80. The minimum Gasteiger partial charge on any atom is -0.396 e. The quantitative estimate of drug-likeness (QED) is 0.829. The van der Waals surface area contributed by atoms with Gasteiger partial charge in [0, 0.05) is 32.3 Å². The maximum absolute atomic E-state index is 12.2. The summed E-state index contributed by atoms with van der Waals surface area (Å²) >= 11 is 0. The van der Waals surface area contributed by atoms with Gasteiger partial charge in [0.15, 0.2) is 0 Å². The molecular weight excluding hydrogens is 292 g/mol. The molecule has 1 aliphatic heterocycles. The number of anilines is 1. The zero-order valence-electron chi connectivity index (χ0n) is 12.2. The van der Waals surface area contributed by atoms with Crippen molar-refractivity contribution in [2.45, 2.75) is 25.2 Å². The Morgan fingerprint density at radius 2 is 2.19 bits per heavy atom. The highest BCUT2D eigenvalue weighted by atomic mass is 32.2. The molecular formula is C14H20N2O4S. The van der Waals surface area contributed by atoms with Crippen molar-refractivity contribution >= 4 is 21.6 Å². The van der Waals surface area contributed by atoms with Crippen LogP contribution in [-0.2, 0) is 21.2 Å². The minimum absolute atomic E-state index is 0.0424. The molecule has 1 aromatic carbocycles. The molecule has 0 saturated heterocycles. The Balaban J connectivity index is 2.21. The van der Waals surface area contributed by atoms with Crippen LogP contribution < -0.4 is 9.62 Å². The third-order valence-electron chi connectivity index (χ3n) is 3.57. The van der Waals surface area contributed by atoms with Gasteiger partial charge >= 0.3 is 0 Å². The normalized spacial score (nSPS) is 15.9. The SMILES string of the molecule is CC(=O)N1CCc2cc(S(=O)(=O)NCC(C)CO)ccc21. The fourth-order valence-corrected chi connectivity index (χ4v) is 3.49. The summed E-state index contributed by atoms with van der Waals surface area (Å²) in [5.41, 5.74) is 1.65. The predicted octanol–water partition coefficient (Wildman–Crippen LogP) is 0.502. The molecule has 0 aromatic heterocycles. The molecule has 1 amide bonds. The Hall–Kier alpha value is -1.44. The van der Waals surface area contributed by atoms with Crippen molar-refractivity contribution in [1.82, 2.24) is 4.72 Å². The summed E-state index contributed by atoms with van der Waals surface area (Å²) in [6.45, 7) is 3.96. The summed E-state index contributed by atoms with van der Waals surface area (Å²) in [4.78, 5) is 13.3. The number of carbonyl (C=O) groups excluding carboxylic acids is 1. The summed E-state index contributed by atoms with van der Waals surface area (Å²) in [6.07, 6.45) is 0.658. The van der Waals surface area contributed by atoms with Gasteiger partial charge in [0.2, 0.25) is 15.9 Å². The van der Waals surface area contributed by atoms with Crippen LogP contribution >= 0.6 is 0 Å². The molecule has 1 atom stereocenters. The standard InChI is InChI=1S/C14H20N2O4S/c1-10(9-17)8-15-21(19,20)13-3-4-14-12(7-13)5-6-16(14)11(2)18/h3-4,7,10,15,17H,5-6,8-9H2,1-2H3. The first-order chi connectivity index (χ1) is 9.85. The lowest BCUT2D eigenvalue weighted by atomic mass is 10.2. The topological polar surface area (TPSA) is 86.7 Å². The maximum atomic E-state index is 12.2. The summed E-state index contributed by atoms with van der Waals surface area (Å²) in [5, 5.41) is 8.94. The van der Waals surface area contributed by atoms with Crippen LogP contribution in [0.5, 0.6) is 0 Å². The van der Waals surface area contributed by atoms with Crippen molar-refractivity contribution in [3.05, 3.63) is 23.8 Å². The van der Waals surface area contributed by atoms with Gasteiger partial charge in [-0.1, -0.05) is 6.92 Å². The Morgan fingerprint density at radius 1 is 1.48 bits per heavy atom. The second-order valence-corrected chi connectivity index (χ2v) is 7.12. The average molecular weight is 312 g/mol. The van der Waals surface area contributed by atoms with Crippen LogP contribution in [-0.4, -0.2) is 39.1 Å². The molecule has 1 aromatic rings. The summed E-state index contributed by atoms with van der Waals surface area (Å²) in [5.74, 6) is -0.179. The van der Waals surface area contributed by atoms with Crippen LogP contribution in [0, 0.1) is 5.92 Å². The van der Waals surface area contributed by atoms with Crippen molar-refractivity contribution in [3.8, 4) is 0 Å². The minimum atomic E-state index is -3.59. The van der Waals surface area contributed by atoms with Crippen molar-refractivity contribution in [3.63, 3.8) is 0 Å². The van der Waals surface area contributed by atoms with Crippen LogP contribution in [0.4, 0.5) is 5.69 Å². The fraction of sp³-hybridized carbons (Fsp3) is 0.500. The molecule has 0 spiro atoms. The summed E-state index contributed by atoms with van der Waals surface area (Å²) < 4.78 is 26.9. The highest BCUT2D eigenvalue weighted by Gasteiger charge is 2.24. The van der Waals surface area contributed by atoms with Gasteiger partial charge in [-0.05, 0) is 36.1 Å². The molecule has 0 aliphatic carbocycles. The number of aliphatic hydroxyl groups is 1. The van der Waals surface area contributed by atoms with Gasteiger partial charge in [0.1, 0.15) is 0 Å². The average Bonchev–Trinajstić information content (AvgIpc) is 2.87. The lowest BCUT2D eigenvalue weighted by molar-refractivity contribution is -0.116. The van der Waals surface area contributed by atoms with Crippen LogP contribution in [0.2, 0.25) is 0 Å². The van der Waals surface area contributed by atoms with E-state index in [4.69, 9.17) is 5.11 Å². The molecule has 7 heteroatoms. The Labute approximate surface area is 124 Å². The smallest absolute Gasteiger partial charge is 0.240 e. The number of nitrogens with one attached hydrogen (secondary N) is 1.